The first kappa shape index (κ1) is 19.3. The van der Waals surface area contributed by atoms with Crippen LogP contribution in [0.15, 0.2) is 18.2 Å². The largest absolute Gasteiger partial charge is 0.338 e. The van der Waals surface area contributed by atoms with Crippen molar-refractivity contribution in [1.29, 1.82) is 0 Å². The monoisotopic (exact) mass is 389 g/mol. The van der Waals surface area contributed by atoms with Crippen LogP contribution in [0.4, 0.5) is 10.5 Å². The van der Waals surface area contributed by atoms with Gasteiger partial charge in [0.2, 0.25) is 5.91 Å². The number of imide groups is 1. The molecule has 0 radical (unpaired) electrons. The van der Waals surface area contributed by atoms with Gasteiger partial charge in [0.25, 0.3) is 17.5 Å². The van der Waals surface area contributed by atoms with E-state index in [0.717, 1.165) is 17.0 Å². The fraction of sp³-hybridized carbons (Fsp3) is 0.412. The predicted molar refractivity (Wildman–Crippen MR) is 95.7 cm³/mol. The molecule has 11 nitrogen and oxygen atoms in total. The molecule has 2 aliphatic rings. The lowest BCUT2D eigenvalue weighted by Gasteiger charge is -2.36. The van der Waals surface area contributed by atoms with E-state index < -0.39 is 29.2 Å². The van der Waals surface area contributed by atoms with Gasteiger partial charge in [-0.15, -0.1) is 0 Å². The number of rotatable bonds is 3. The SMILES string of the molecule is CN(C)C(=O)N1CCN(C(=O)CN2C(=O)c3ccc([N+](=O)[O-])cc3C2=O)CC1. The second kappa shape index (κ2) is 7.25. The number of benzene rings is 1. The number of nitro groups is 1. The van der Waals surface area contributed by atoms with Crippen molar-refractivity contribution in [2.45, 2.75) is 0 Å². The average Bonchev–Trinajstić information content (AvgIpc) is 2.91. The van der Waals surface area contributed by atoms with Gasteiger partial charge in [-0.1, -0.05) is 0 Å². The van der Waals surface area contributed by atoms with Crippen molar-refractivity contribution >= 4 is 29.4 Å². The van der Waals surface area contributed by atoms with Gasteiger partial charge in [-0.25, -0.2) is 4.79 Å². The summed E-state index contributed by atoms with van der Waals surface area (Å²) in [6, 6.07) is 3.28. The Kier molecular flexibility index (Phi) is 4.99. The van der Waals surface area contributed by atoms with Crippen molar-refractivity contribution < 1.29 is 24.1 Å². The molecule has 0 atom stereocenters. The van der Waals surface area contributed by atoms with Crippen LogP contribution in [-0.2, 0) is 4.79 Å². The van der Waals surface area contributed by atoms with E-state index in [1.807, 2.05) is 0 Å². The summed E-state index contributed by atoms with van der Waals surface area (Å²) in [6.45, 7) is 0.871. The molecule has 1 saturated heterocycles. The Bertz CT molecular complexity index is 875. The number of nitrogens with zero attached hydrogens (tertiary/aromatic N) is 5. The molecule has 0 N–H and O–H groups in total. The molecule has 11 heteroatoms. The number of non-ortho nitro benzene ring substituents is 1. The smallest absolute Gasteiger partial charge is 0.319 e. The van der Waals surface area contributed by atoms with Crippen LogP contribution >= 0.6 is 0 Å². The molecule has 0 aromatic heterocycles. The van der Waals surface area contributed by atoms with Gasteiger partial charge < -0.3 is 14.7 Å². The summed E-state index contributed by atoms with van der Waals surface area (Å²) in [5, 5.41) is 10.9. The Balaban J connectivity index is 1.65. The number of hydrogen-bond acceptors (Lipinski definition) is 6. The van der Waals surface area contributed by atoms with E-state index in [9.17, 15) is 29.3 Å². The normalized spacial score (nSPS) is 16.3. The first-order chi connectivity index (χ1) is 13.2. The summed E-state index contributed by atoms with van der Waals surface area (Å²) in [5.41, 5.74) is -0.326. The van der Waals surface area contributed by atoms with Crippen molar-refractivity contribution in [1.82, 2.24) is 19.6 Å². The quantitative estimate of drug-likeness (QED) is 0.408. The molecular formula is C17H19N5O6. The fourth-order valence-corrected chi connectivity index (χ4v) is 3.20. The van der Waals surface area contributed by atoms with E-state index in [0.29, 0.717) is 26.2 Å². The first-order valence-corrected chi connectivity index (χ1v) is 8.59. The van der Waals surface area contributed by atoms with E-state index in [1.165, 1.54) is 15.9 Å². The number of piperazine rings is 1. The molecule has 2 aliphatic heterocycles. The van der Waals surface area contributed by atoms with E-state index in [1.54, 1.807) is 19.0 Å². The number of carbonyl (C=O) groups excluding carboxylic acids is 4. The number of urea groups is 1. The molecule has 0 saturated carbocycles. The third-order valence-electron chi connectivity index (χ3n) is 4.74. The molecule has 28 heavy (non-hydrogen) atoms. The maximum absolute atomic E-state index is 12.5. The van der Waals surface area contributed by atoms with Crippen molar-refractivity contribution in [3.63, 3.8) is 0 Å². The van der Waals surface area contributed by atoms with E-state index >= 15 is 0 Å². The topological polar surface area (TPSA) is 124 Å². The zero-order chi connectivity index (χ0) is 20.6. The summed E-state index contributed by atoms with van der Waals surface area (Å²) >= 11 is 0. The molecule has 0 spiro atoms. The van der Waals surface area contributed by atoms with Crippen LogP contribution in [-0.4, -0.2) is 95.1 Å². The lowest BCUT2D eigenvalue weighted by Crippen LogP contribution is -2.54. The maximum atomic E-state index is 12.5. The number of carbonyl (C=O) groups is 4. The minimum Gasteiger partial charge on any atom is -0.338 e. The lowest BCUT2D eigenvalue weighted by molar-refractivity contribution is -0.384. The third kappa shape index (κ3) is 3.38. The number of nitro benzene ring substituents is 1. The Labute approximate surface area is 160 Å². The van der Waals surface area contributed by atoms with Crippen LogP contribution in [0.1, 0.15) is 20.7 Å². The van der Waals surface area contributed by atoms with Crippen molar-refractivity contribution in [3.05, 3.63) is 39.4 Å². The van der Waals surface area contributed by atoms with E-state index in [2.05, 4.69) is 0 Å². The standard InChI is InChI=1S/C17H19N5O6/c1-18(2)17(26)20-7-5-19(6-8-20)14(23)10-21-15(24)12-4-3-11(22(27)28)9-13(12)16(21)25/h3-4,9H,5-8,10H2,1-2H3. The summed E-state index contributed by atoms with van der Waals surface area (Å²) < 4.78 is 0. The number of hydrogen-bond donors (Lipinski definition) is 0. The van der Waals surface area contributed by atoms with Crippen LogP contribution in [0.5, 0.6) is 0 Å². The van der Waals surface area contributed by atoms with Gasteiger partial charge >= 0.3 is 6.03 Å². The van der Waals surface area contributed by atoms with E-state index in [4.69, 9.17) is 0 Å². The molecule has 1 aromatic rings. The highest BCUT2D eigenvalue weighted by Crippen LogP contribution is 2.26. The highest BCUT2D eigenvalue weighted by molar-refractivity contribution is 6.22. The minimum absolute atomic E-state index is 0.0461. The van der Waals surface area contributed by atoms with Gasteiger partial charge in [0.1, 0.15) is 6.54 Å². The Morgan fingerprint density at radius 1 is 1.04 bits per heavy atom. The van der Waals surface area contributed by atoms with Crippen LogP contribution in [0.3, 0.4) is 0 Å². The highest BCUT2D eigenvalue weighted by Gasteiger charge is 2.39. The zero-order valence-corrected chi connectivity index (χ0v) is 15.5. The van der Waals surface area contributed by atoms with Gasteiger partial charge in [-0.3, -0.25) is 29.4 Å². The van der Waals surface area contributed by atoms with Crippen LogP contribution < -0.4 is 0 Å². The molecule has 3 rings (SSSR count). The Morgan fingerprint density at radius 2 is 1.61 bits per heavy atom. The summed E-state index contributed by atoms with van der Waals surface area (Å²) in [6.07, 6.45) is 0. The van der Waals surface area contributed by atoms with E-state index in [-0.39, 0.29) is 22.8 Å². The molecule has 2 heterocycles. The molecule has 1 fully saturated rings. The average molecular weight is 389 g/mol. The second-order valence-electron chi connectivity index (χ2n) is 6.73. The summed E-state index contributed by atoms with van der Waals surface area (Å²) in [4.78, 5) is 65.0. The lowest BCUT2D eigenvalue weighted by atomic mass is 10.1. The summed E-state index contributed by atoms with van der Waals surface area (Å²) in [7, 11) is 3.29. The van der Waals surface area contributed by atoms with Gasteiger partial charge in [-0.05, 0) is 6.07 Å². The van der Waals surface area contributed by atoms with Crippen LogP contribution in [0.25, 0.3) is 0 Å². The fourth-order valence-electron chi connectivity index (χ4n) is 3.20. The number of fused-ring (bicyclic) bond motifs is 1. The van der Waals surface area contributed by atoms with Gasteiger partial charge in [0, 0.05) is 52.4 Å². The molecule has 0 unspecified atom stereocenters. The zero-order valence-electron chi connectivity index (χ0n) is 15.5. The molecule has 1 aromatic carbocycles. The minimum atomic E-state index is -0.724. The van der Waals surface area contributed by atoms with Crippen LogP contribution in [0, 0.1) is 10.1 Å². The molecule has 0 aliphatic carbocycles. The Hall–Kier alpha value is -3.50. The molecular weight excluding hydrogens is 370 g/mol. The number of amides is 5. The summed E-state index contributed by atoms with van der Waals surface area (Å²) in [5.74, 6) is -1.79. The second-order valence-corrected chi connectivity index (χ2v) is 6.73. The first-order valence-electron chi connectivity index (χ1n) is 8.59. The molecule has 5 amide bonds. The Morgan fingerprint density at radius 3 is 2.18 bits per heavy atom. The van der Waals surface area contributed by atoms with Crippen molar-refractivity contribution in [3.8, 4) is 0 Å². The van der Waals surface area contributed by atoms with Gasteiger partial charge in [0.15, 0.2) is 0 Å². The third-order valence-corrected chi connectivity index (χ3v) is 4.74. The maximum Gasteiger partial charge on any atom is 0.319 e. The highest BCUT2D eigenvalue weighted by atomic mass is 16.6. The van der Waals surface area contributed by atoms with Gasteiger partial charge in [0.05, 0.1) is 16.1 Å². The van der Waals surface area contributed by atoms with Gasteiger partial charge in [-0.2, -0.15) is 0 Å². The van der Waals surface area contributed by atoms with Crippen molar-refractivity contribution in [2.75, 3.05) is 46.8 Å². The predicted octanol–water partition coefficient (Wildman–Crippen LogP) is 0.0166. The molecule has 0 bridgehead atoms. The van der Waals surface area contributed by atoms with Crippen molar-refractivity contribution in [2.24, 2.45) is 0 Å². The van der Waals surface area contributed by atoms with Crippen LogP contribution in [0.2, 0.25) is 0 Å². The molecule has 148 valence electrons.